The fraction of sp³-hybridized carbons (Fsp3) is 0. The van der Waals surface area contributed by atoms with Crippen LogP contribution in [0.15, 0.2) is 46.0 Å². The van der Waals surface area contributed by atoms with Crippen molar-refractivity contribution in [2.75, 3.05) is 0 Å². The minimum absolute atomic E-state index is 0.226. The third kappa shape index (κ3) is 1.97. The molecule has 3 rings (SSSR count). The lowest BCUT2D eigenvalue weighted by Crippen LogP contribution is -2.22. The maximum atomic E-state index is 11.6. The highest BCUT2D eigenvalue weighted by Gasteiger charge is 2.05. The van der Waals surface area contributed by atoms with E-state index in [2.05, 4.69) is 19.8 Å². The van der Waals surface area contributed by atoms with Crippen LogP contribution in [0.1, 0.15) is 0 Å². The van der Waals surface area contributed by atoms with Crippen LogP contribution in [0.25, 0.3) is 27.1 Å². The SMILES string of the molecule is [C-]#[N+]c1cccc(-c2ccc3c(=O)[nH]c(=O)[nH]c3n2)c1. The Bertz CT molecular complexity index is 963. The molecular weight excluding hydrogens is 256 g/mol. The molecule has 2 N–H and O–H groups in total. The third-order valence-corrected chi connectivity index (χ3v) is 2.87. The molecule has 0 atom stereocenters. The van der Waals surface area contributed by atoms with Crippen LogP contribution < -0.4 is 11.2 Å². The standard InChI is InChI=1S/C14H8N4O2/c1-15-9-4-2-3-8(7-9)11-6-5-10-12(16-11)17-14(20)18-13(10)19/h2-7H,(H2,16,17,18,19,20). The minimum atomic E-state index is -0.595. The van der Waals surface area contributed by atoms with E-state index in [0.29, 0.717) is 16.8 Å². The van der Waals surface area contributed by atoms with Gasteiger partial charge in [0.1, 0.15) is 5.65 Å². The van der Waals surface area contributed by atoms with E-state index in [1.165, 1.54) is 0 Å². The molecule has 0 amide bonds. The summed E-state index contributed by atoms with van der Waals surface area (Å²) in [5, 5.41) is 0.315. The molecule has 0 fully saturated rings. The van der Waals surface area contributed by atoms with E-state index in [1.807, 2.05) is 6.07 Å². The van der Waals surface area contributed by atoms with Crippen LogP contribution in [0.4, 0.5) is 5.69 Å². The highest BCUT2D eigenvalue weighted by molar-refractivity contribution is 5.77. The summed E-state index contributed by atoms with van der Waals surface area (Å²) in [6.45, 7) is 7.00. The van der Waals surface area contributed by atoms with E-state index in [-0.39, 0.29) is 5.65 Å². The molecule has 2 heterocycles. The minimum Gasteiger partial charge on any atom is -0.291 e. The van der Waals surface area contributed by atoms with Gasteiger partial charge in [-0.25, -0.2) is 14.6 Å². The van der Waals surface area contributed by atoms with Gasteiger partial charge in [0.2, 0.25) is 0 Å². The number of hydrogen-bond acceptors (Lipinski definition) is 3. The van der Waals surface area contributed by atoms with Crippen molar-refractivity contribution in [3.63, 3.8) is 0 Å². The van der Waals surface area contributed by atoms with Gasteiger partial charge in [-0.15, -0.1) is 0 Å². The van der Waals surface area contributed by atoms with E-state index in [4.69, 9.17) is 6.57 Å². The Morgan fingerprint density at radius 2 is 1.95 bits per heavy atom. The number of fused-ring (bicyclic) bond motifs is 1. The fourth-order valence-corrected chi connectivity index (χ4v) is 1.94. The number of nitrogens with one attached hydrogen (secondary N) is 2. The van der Waals surface area contributed by atoms with Crippen molar-refractivity contribution in [1.82, 2.24) is 15.0 Å². The summed E-state index contributed by atoms with van der Waals surface area (Å²) in [7, 11) is 0. The lowest BCUT2D eigenvalue weighted by atomic mass is 10.1. The molecule has 0 saturated carbocycles. The van der Waals surface area contributed by atoms with E-state index < -0.39 is 11.2 Å². The number of pyridine rings is 1. The predicted octanol–water partition coefficient (Wildman–Crippen LogP) is 1.83. The molecule has 3 aromatic rings. The summed E-state index contributed by atoms with van der Waals surface area (Å²) in [4.78, 5) is 35.1. The average Bonchev–Trinajstić information content (AvgIpc) is 2.46. The van der Waals surface area contributed by atoms with Gasteiger partial charge in [-0.1, -0.05) is 18.2 Å². The van der Waals surface area contributed by atoms with Gasteiger partial charge in [0.05, 0.1) is 17.7 Å². The quantitative estimate of drug-likeness (QED) is 0.658. The molecule has 0 spiro atoms. The Balaban J connectivity index is 2.25. The van der Waals surface area contributed by atoms with Crippen LogP contribution in [-0.4, -0.2) is 15.0 Å². The van der Waals surface area contributed by atoms with Crippen LogP contribution in [0.2, 0.25) is 0 Å². The van der Waals surface area contributed by atoms with Crippen molar-refractivity contribution in [3.8, 4) is 11.3 Å². The summed E-state index contributed by atoms with van der Waals surface area (Å²) in [5.74, 6) is 0. The van der Waals surface area contributed by atoms with E-state index >= 15 is 0 Å². The largest absolute Gasteiger partial charge is 0.327 e. The number of aromatic amines is 2. The van der Waals surface area contributed by atoms with Crippen LogP contribution in [0.3, 0.4) is 0 Å². The monoisotopic (exact) mass is 264 g/mol. The van der Waals surface area contributed by atoms with Crippen molar-refractivity contribution in [2.45, 2.75) is 0 Å². The number of rotatable bonds is 1. The zero-order valence-corrected chi connectivity index (χ0v) is 10.2. The summed E-state index contributed by atoms with van der Waals surface area (Å²) in [6.07, 6.45) is 0. The predicted molar refractivity (Wildman–Crippen MR) is 74.7 cm³/mol. The number of aromatic nitrogens is 3. The molecule has 0 aliphatic carbocycles. The van der Waals surface area contributed by atoms with Gasteiger partial charge < -0.3 is 0 Å². The van der Waals surface area contributed by atoms with Crippen molar-refractivity contribution >= 4 is 16.7 Å². The van der Waals surface area contributed by atoms with Crippen molar-refractivity contribution in [3.05, 3.63) is 68.7 Å². The van der Waals surface area contributed by atoms with Crippen LogP contribution >= 0.6 is 0 Å². The number of nitrogens with zero attached hydrogens (tertiary/aromatic N) is 2. The van der Waals surface area contributed by atoms with Gasteiger partial charge >= 0.3 is 5.69 Å². The van der Waals surface area contributed by atoms with Crippen molar-refractivity contribution in [2.24, 2.45) is 0 Å². The van der Waals surface area contributed by atoms with Gasteiger partial charge in [-0.3, -0.25) is 14.8 Å². The van der Waals surface area contributed by atoms with E-state index in [1.54, 1.807) is 30.3 Å². The van der Waals surface area contributed by atoms with E-state index in [9.17, 15) is 9.59 Å². The number of benzene rings is 1. The van der Waals surface area contributed by atoms with Crippen molar-refractivity contribution < 1.29 is 0 Å². The zero-order valence-electron chi connectivity index (χ0n) is 10.2. The van der Waals surface area contributed by atoms with Gasteiger partial charge in [0.25, 0.3) is 5.56 Å². The highest BCUT2D eigenvalue weighted by atomic mass is 16.2. The number of hydrogen-bond donors (Lipinski definition) is 2. The second-order valence-corrected chi connectivity index (χ2v) is 4.16. The Morgan fingerprint density at radius 1 is 1.10 bits per heavy atom. The molecule has 0 radical (unpaired) electrons. The summed E-state index contributed by atoms with van der Waals surface area (Å²) in [6, 6.07) is 10.2. The fourth-order valence-electron chi connectivity index (χ4n) is 1.94. The second-order valence-electron chi connectivity index (χ2n) is 4.16. The average molecular weight is 264 g/mol. The Labute approximate surface area is 112 Å². The molecular formula is C14H8N4O2. The summed E-state index contributed by atoms with van der Waals surface area (Å²) >= 11 is 0. The van der Waals surface area contributed by atoms with Gasteiger partial charge in [0, 0.05) is 0 Å². The summed E-state index contributed by atoms with van der Waals surface area (Å²) < 4.78 is 0. The Hall–Kier alpha value is -3.20. The smallest absolute Gasteiger partial charge is 0.291 e. The second kappa shape index (κ2) is 4.48. The molecule has 0 aliphatic heterocycles. The lowest BCUT2D eigenvalue weighted by Gasteiger charge is -2.03. The Morgan fingerprint density at radius 3 is 2.75 bits per heavy atom. The van der Waals surface area contributed by atoms with Crippen LogP contribution in [0.5, 0.6) is 0 Å². The number of H-pyrrole nitrogens is 2. The zero-order chi connectivity index (χ0) is 14.1. The van der Waals surface area contributed by atoms with Crippen molar-refractivity contribution in [1.29, 1.82) is 0 Å². The van der Waals surface area contributed by atoms with Gasteiger partial charge in [-0.05, 0) is 23.8 Å². The first-order valence-electron chi connectivity index (χ1n) is 5.78. The Kier molecular flexibility index (Phi) is 2.66. The first-order chi connectivity index (χ1) is 9.67. The first kappa shape index (κ1) is 11.9. The molecule has 0 unspecified atom stereocenters. The van der Waals surface area contributed by atoms with Gasteiger partial charge in [0.15, 0.2) is 5.69 Å². The van der Waals surface area contributed by atoms with Crippen LogP contribution in [0, 0.1) is 6.57 Å². The molecule has 0 aliphatic rings. The van der Waals surface area contributed by atoms with Crippen LogP contribution in [-0.2, 0) is 0 Å². The lowest BCUT2D eigenvalue weighted by molar-refractivity contribution is 1.06. The topological polar surface area (TPSA) is 83.0 Å². The third-order valence-electron chi connectivity index (χ3n) is 2.87. The molecule has 96 valence electrons. The molecule has 1 aromatic carbocycles. The molecule has 2 aromatic heterocycles. The molecule has 20 heavy (non-hydrogen) atoms. The highest BCUT2D eigenvalue weighted by Crippen LogP contribution is 2.23. The van der Waals surface area contributed by atoms with Gasteiger partial charge in [-0.2, -0.15) is 0 Å². The normalized spacial score (nSPS) is 10.3. The molecule has 0 bridgehead atoms. The van der Waals surface area contributed by atoms with E-state index in [0.717, 1.165) is 5.56 Å². The molecule has 6 heteroatoms. The molecule has 6 nitrogen and oxygen atoms in total. The molecule has 0 saturated heterocycles. The summed E-state index contributed by atoms with van der Waals surface area (Å²) in [5.41, 5.74) is 0.999. The maximum absolute atomic E-state index is 11.6. The maximum Gasteiger partial charge on any atom is 0.327 e. The first-order valence-corrected chi connectivity index (χ1v) is 5.78.